The molecule has 0 spiro atoms. The molecule has 6 heteroatoms. The van der Waals surface area contributed by atoms with Crippen LogP contribution in [-0.4, -0.2) is 34.1 Å². The quantitative estimate of drug-likeness (QED) is 0.714. The molecule has 0 radical (unpaired) electrons. The van der Waals surface area contributed by atoms with Crippen LogP contribution in [0.1, 0.15) is 29.1 Å². The molecule has 128 valence electrons. The molecule has 5 nitrogen and oxygen atoms in total. The Hall–Kier alpha value is -2.47. The molecule has 1 aromatic carbocycles. The molecule has 0 N–H and O–H groups in total. The van der Waals surface area contributed by atoms with Gasteiger partial charge in [0.25, 0.3) is 5.91 Å². The molecule has 4 rings (SSSR count). The molecule has 0 unspecified atom stereocenters. The lowest BCUT2D eigenvalue weighted by atomic mass is 9.93. The molecule has 0 aliphatic carbocycles. The van der Waals surface area contributed by atoms with Crippen molar-refractivity contribution >= 4 is 17.2 Å². The second kappa shape index (κ2) is 7.19. The van der Waals surface area contributed by atoms with Gasteiger partial charge in [0, 0.05) is 30.5 Å². The highest BCUT2D eigenvalue weighted by atomic mass is 32.1. The van der Waals surface area contributed by atoms with Gasteiger partial charge in [-0.2, -0.15) is 11.3 Å². The van der Waals surface area contributed by atoms with Gasteiger partial charge in [0.15, 0.2) is 0 Å². The largest absolute Gasteiger partial charge is 0.421 e. The van der Waals surface area contributed by atoms with E-state index in [2.05, 4.69) is 10.2 Å². The number of aromatic nitrogens is 2. The van der Waals surface area contributed by atoms with Crippen LogP contribution in [0.4, 0.5) is 0 Å². The molecule has 0 atom stereocenters. The zero-order valence-corrected chi connectivity index (χ0v) is 14.6. The molecule has 1 saturated heterocycles. The molecule has 1 amide bonds. The van der Waals surface area contributed by atoms with Gasteiger partial charge in [-0.3, -0.25) is 4.79 Å². The maximum Gasteiger partial charge on any atom is 0.254 e. The first-order valence-electron chi connectivity index (χ1n) is 8.49. The Balaban J connectivity index is 1.33. The van der Waals surface area contributed by atoms with Gasteiger partial charge < -0.3 is 9.32 Å². The summed E-state index contributed by atoms with van der Waals surface area (Å²) in [6.45, 7) is 1.58. The average molecular weight is 353 g/mol. The molecular formula is C19H19N3O2S. The summed E-state index contributed by atoms with van der Waals surface area (Å²) >= 11 is 1.56. The van der Waals surface area contributed by atoms with Crippen molar-refractivity contribution in [1.29, 1.82) is 0 Å². The van der Waals surface area contributed by atoms with Crippen LogP contribution in [0.15, 0.2) is 51.6 Å². The molecule has 3 heterocycles. The summed E-state index contributed by atoms with van der Waals surface area (Å²) in [6.07, 6.45) is 2.72. The van der Waals surface area contributed by atoms with E-state index in [4.69, 9.17) is 4.42 Å². The standard InChI is InChI=1S/C19H19N3O2S/c23-19(16-8-11-25-13-16)22-9-6-14(7-10-22)12-17-20-21-18(24-17)15-4-2-1-3-5-15/h1-5,8,11,13-14H,6-7,9-10,12H2. The molecule has 25 heavy (non-hydrogen) atoms. The van der Waals surface area contributed by atoms with Gasteiger partial charge in [0.2, 0.25) is 11.8 Å². The van der Waals surface area contributed by atoms with Crippen molar-refractivity contribution in [2.24, 2.45) is 5.92 Å². The van der Waals surface area contributed by atoms with Crippen LogP contribution in [0.2, 0.25) is 0 Å². The smallest absolute Gasteiger partial charge is 0.254 e. The van der Waals surface area contributed by atoms with Gasteiger partial charge in [0.1, 0.15) is 0 Å². The predicted octanol–water partition coefficient (Wildman–Crippen LogP) is 3.89. The summed E-state index contributed by atoms with van der Waals surface area (Å²) in [6, 6.07) is 11.7. The van der Waals surface area contributed by atoms with E-state index in [1.807, 2.05) is 52.1 Å². The Morgan fingerprint density at radius 2 is 1.96 bits per heavy atom. The molecule has 0 bridgehead atoms. The van der Waals surface area contributed by atoms with E-state index in [1.165, 1.54) is 0 Å². The number of benzene rings is 1. The van der Waals surface area contributed by atoms with Gasteiger partial charge in [-0.1, -0.05) is 18.2 Å². The van der Waals surface area contributed by atoms with Crippen molar-refractivity contribution in [2.45, 2.75) is 19.3 Å². The fourth-order valence-corrected chi connectivity index (χ4v) is 3.82. The highest BCUT2D eigenvalue weighted by Crippen LogP contribution is 2.24. The SMILES string of the molecule is O=C(c1ccsc1)N1CCC(Cc2nnc(-c3ccccc3)o2)CC1. The van der Waals surface area contributed by atoms with E-state index in [-0.39, 0.29) is 5.91 Å². The molecule has 1 aliphatic heterocycles. The fraction of sp³-hybridized carbons (Fsp3) is 0.316. The number of carbonyl (C=O) groups is 1. The van der Waals surface area contributed by atoms with Crippen molar-refractivity contribution in [2.75, 3.05) is 13.1 Å². The number of likely N-dealkylation sites (tertiary alicyclic amines) is 1. The zero-order chi connectivity index (χ0) is 17.1. The van der Waals surface area contributed by atoms with Crippen LogP contribution in [-0.2, 0) is 6.42 Å². The van der Waals surface area contributed by atoms with E-state index >= 15 is 0 Å². The highest BCUT2D eigenvalue weighted by Gasteiger charge is 2.25. The molecule has 1 fully saturated rings. The Kier molecular flexibility index (Phi) is 4.61. The van der Waals surface area contributed by atoms with Gasteiger partial charge >= 0.3 is 0 Å². The van der Waals surface area contributed by atoms with Gasteiger partial charge in [-0.25, -0.2) is 0 Å². The monoisotopic (exact) mass is 353 g/mol. The third kappa shape index (κ3) is 3.64. The van der Waals surface area contributed by atoms with Gasteiger partial charge in [-0.05, 0) is 42.3 Å². The maximum atomic E-state index is 12.4. The number of hydrogen-bond acceptors (Lipinski definition) is 5. The lowest BCUT2D eigenvalue weighted by Gasteiger charge is -2.31. The normalized spacial score (nSPS) is 15.4. The number of nitrogens with zero attached hydrogens (tertiary/aromatic N) is 3. The van der Waals surface area contributed by atoms with E-state index in [0.717, 1.165) is 43.5 Å². The van der Waals surface area contributed by atoms with Crippen molar-refractivity contribution in [3.05, 3.63) is 58.6 Å². The van der Waals surface area contributed by atoms with E-state index in [1.54, 1.807) is 11.3 Å². The van der Waals surface area contributed by atoms with Crippen molar-refractivity contribution in [1.82, 2.24) is 15.1 Å². The van der Waals surface area contributed by atoms with Crippen LogP contribution in [0.25, 0.3) is 11.5 Å². The van der Waals surface area contributed by atoms with Crippen molar-refractivity contribution in [3.8, 4) is 11.5 Å². The van der Waals surface area contributed by atoms with Crippen LogP contribution < -0.4 is 0 Å². The third-order valence-corrected chi connectivity index (χ3v) is 5.30. The first-order valence-corrected chi connectivity index (χ1v) is 9.43. The van der Waals surface area contributed by atoms with Gasteiger partial charge in [-0.15, -0.1) is 10.2 Å². The summed E-state index contributed by atoms with van der Waals surface area (Å²) in [7, 11) is 0. The zero-order valence-electron chi connectivity index (χ0n) is 13.8. The molecule has 3 aromatic rings. The minimum Gasteiger partial charge on any atom is -0.421 e. The summed E-state index contributed by atoms with van der Waals surface area (Å²) in [4.78, 5) is 14.3. The average Bonchev–Trinajstić information content (AvgIpc) is 3.35. The lowest BCUT2D eigenvalue weighted by Crippen LogP contribution is -2.38. The van der Waals surface area contributed by atoms with E-state index in [0.29, 0.717) is 17.7 Å². The summed E-state index contributed by atoms with van der Waals surface area (Å²) < 4.78 is 5.80. The number of thiophene rings is 1. The fourth-order valence-electron chi connectivity index (χ4n) is 3.19. The first kappa shape index (κ1) is 16.0. The Bertz CT molecular complexity index is 821. The highest BCUT2D eigenvalue weighted by molar-refractivity contribution is 7.08. The second-order valence-corrected chi connectivity index (χ2v) is 7.10. The minimum atomic E-state index is 0.142. The Morgan fingerprint density at radius 3 is 2.68 bits per heavy atom. The van der Waals surface area contributed by atoms with Crippen LogP contribution in [0.3, 0.4) is 0 Å². The molecular weight excluding hydrogens is 334 g/mol. The van der Waals surface area contributed by atoms with Crippen LogP contribution in [0.5, 0.6) is 0 Å². The molecule has 2 aromatic heterocycles. The van der Waals surface area contributed by atoms with Crippen molar-refractivity contribution < 1.29 is 9.21 Å². The van der Waals surface area contributed by atoms with Gasteiger partial charge in [0.05, 0.1) is 5.56 Å². The Morgan fingerprint density at radius 1 is 1.16 bits per heavy atom. The maximum absolute atomic E-state index is 12.4. The number of piperidine rings is 1. The Labute approximate surface area is 150 Å². The lowest BCUT2D eigenvalue weighted by molar-refractivity contribution is 0.0689. The summed E-state index contributed by atoms with van der Waals surface area (Å²) in [5, 5.41) is 12.2. The number of carbonyl (C=O) groups excluding carboxylic acids is 1. The van der Waals surface area contributed by atoms with Crippen molar-refractivity contribution in [3.63, 3.8) is 0 Å². The number of amides is 1. The van der Waals surface area contributed by atoms with Crippen LogP contribution in [0, 0.1) is 5.92 Å². The van der Waals surface area contributed by atoms with E-state index < -0.39 is 0 Å². The molecule has 0 saturated carbocycles. The molecule has 1 aliphatic rings. The number of rotatable bonds is 4. The first-order chi connectivity index (χ1) is 12.3. The summed E-state index contributed by atoms with van der Waals surface area (Å²) in [5.74, 6) is 1.88. The topological polar surface area (TPSA) is 59.2 Å². The summed E-state index contributed by atoms with van der Waals surface area (Å²) in [5.41, 5.74) is 1.74. The number of hydrogen-bond donors (Lipinski definition) is 0. The predicted molar refractivity (Wildman–Crippen MR) is 96.4 cm³/mol. The second-order valence-electron chi connectivity index (χ2n) is 6.32. The third-order valence-electron chi connectivity index (χ3n) is 4.62. The van der Waals surface area contributed by atoms with E-state index in [9.17, 15) is 4.79 Å². The van der Waals surface area contributed by atoms with Crippen LogP contribution >= 0.6 is 11.3 Å². The minimum absolute atomic E-state index is 0.142.